The van der Waals surface area contributed by atoms with Gasteiger partial charge in [0.15, 0.2) is 11.5 Å². The van der Waals surface area contributed by atoms with Crippen molar-refractivity contribution >= 4 is 17.7 Å². The minimum atomic E-state index is -0.377. The fraction of sp³-hybridized carbons (Fsp3) is 0.375. The van der Waals surface area contributed by atoms with Crippen LogP contribution in [0.5, 0.6) is 23.0 Å². The molecule has 11 heteroatoms. The molecular formula is C32H39N3O8. The molecule has 3 aromatic rings. The van der Waals surface area contributed by atoms with Gasteiger partial charge in [0.2, 0.25) is 5.75 Å². The standard InChI is InChI=1S/C32H39N3O8/c1-38-26-8-6-7-24(17-26)29(43-21-22-9-11-23(12-10-22)31(36)42-5)20-34-13-15-35(16-14-34)32(37)33-25-18-27(39-2)30(41-4)28(19-25)40-3/h6-12,17-19,29H,13-16,20-21H2,1-5H3,(H,33,37). The van der Waals surface area contributed by atoms with Crippen LogP contribution in [0.15, 0.2) is 60.7 Å². The number of ether oxygens (including phenoxy) is 6. The van der Waals surface area contributed by atoms with Gasteiger partial charge in [0.05, 0.1) is 59.5 Å². The highest BCUT2D eigenvalue weighted by Crippen LogP contribution is 2.40. The summed E-state index contributed by atoms with van der Waals surface area (Å²) in [5.41, 5.74) is 2.97. The molecule has 0 aromatic heterocycles. The van der Waals surface area contributed by atoms with E-state index >= 15 is 0 Å². The summed E-state index contributed by atoms with van der Waals surface area (Å²) >= 11 is 0. The normalized spacial score (nSPS) is 14.0. The molecule has 1 unspecified atom stereocenters. The van der Waals surface area contributed by atoms with Crippen molar-refractivity contribution < 1.29 is 38.0 Å². The molecule has 0 spiro atoms. The molecule has 4 rings (SSSR count). The Balaban J connectivity index is 1.38. The summed E-state index contributed by atoms with van der Waals surface area (Å²) in [5, 5.41) is 2.94. The number of benzene rings is 3. The number of esters is 1. The molecule has 0 bridgehead atoms. The van der Waals surface area contributed by atoms with Crippen LogP contribution in [0.4, 0.5) is 10.5 Å². The highest BCUT2D eigenvalue weighted by Gasteiger charge is 2.25. The first-order chi connectivity index (χ1) is 20.9. The molecule has 0 saturated carbocycles. The van der Waals surface area contributed by atoms with Crippen molar-refractivity contribution in [3.05, 3.63) is 77.4 Å². The number of nitrogens with zero attached hydrogens (tertiary/aromatic N) is 2. The van der Waals surface area contributed by atoms with Crippen molar-refractivity contribution in [3.63, 3.8) is 0 Å². The molecule has 1 fully saturated rings. The minimum Gasteiger partial charge on any atom is -0.497 e. The summed E-state index contributed by atoms with van der Waals surface area (Å²) < 4.78 is 32.8. The average Bonchev–Trinajstić information content (AvgIpc) is 3.06. The Bertz CT molecular complexity index is 1350. The van der Waals surface area contributed by atoms with Gasteiger partial charge in [-0.25, -0.2) is 9.59 Å². The molecule has 1 saturated heterocycles. The minimum absolute atomic E-state index is 0.204. The molecule has 1 aliphatic heterocycles. The van der Waals surface area contributed by atoms with Crippen molar-refractivity contribution in [3.8, 4) is 23.0 Å². The Morgan fingerprint density at radius 3 is 2.07 bits per heavy atom. The fourth-order valence-electron chi connectivity index (χ4n) is 4.87. The van der Waals surface area contributed by atoms with Crippen LogP contribution in [-0.4, -0.2) is 90.1 Å². The van der Waals surface area contributed by atoms with E-state index < -0.39 is 0 Å². The Labute approximate surface area is 252 Å². The number of carbonyl (C=O) groups is 2. The lowest BCUT2D eigenvalue weighted by Crippen LogP contribution is -2.50. The average molecular weight is 594 g/mol. The fourth-order valence-corrected chi connectivity index (χ4v) is 4.87. The number of hydrogen-bond acceptors (Lipinski definition) is 9. The first-order valence-electron chi connectivity index (χ1n) is 13.9. The quantitative estimate of drug-likeness (QED) is 0.301. The van der Waals surface area contributed by atoms with Crippen molar-refractivity contribution in [2.75, 3.05) is 73.6 Å². The van der Waals surface area contributed by atoms with Gasteiger partial charge in [0.1, 0.15) is 5.75 Å². The lowest BCUT2D eigenvalue weighted by atomic mass is 10.1. The Kier molecular flexibility index (Phi) is 11.1. The molecule has 1 aliphatic rings. The number of hydrogen-bond donors (Lipinski definition) is 1. The molecule has 3 aromatic carbocycles. The summed E-state index contributed by atoms with van der Waals surface area (Å²) in [7, 11) is 7.60. The number of urea groups is 1. The number of methoxy groups -OCH3 is 5. The van der Waals surface area contributed by atoms with Crippen molar-refractivity contribution in [1.82, 2.24) is 9.80 Å². The third-order valence-electron chi connectivity index (χ3n) is 7.29. The summed E-state index contributed by atoms with van der Waals surface area (Å²) in [6.45, 7) is 3.46. The van der Waals surface area contributed by atoms with Gasteiger partial charge in [0.25, 0.3) is 0 Å². The third-order valence-corrected chi connectivity index (χ3v) is 7.29. The first-order valence-corrected chi connectivity index (χ1v) is 13.9. The zero-order valence-corrected chi connectivity index (χ0v) is 25.3. The third kappa shape index (κ3) is 8.08. The van der Waals surface area contributed by atoms with Crippen LogP contribution in [0.2, 0.25) is 0 Å². The van der Waals surface area contributed by atoms with Gasteiger partial charge in [-0.15, -0.1) is 0 Å². The number of anilines is 1. The SMILES string of the molecule is COC(=O)c1ccc(COC(CN2CCN(C(=O)Nc3cc(OC)c(OC)c(OC)c3)CC2)c2cccc(OC)c2)cc1. The molecule has 1 heterocycles. The summed E-state index contributed by atoms with van der Waals surface area (Å²) in [6.07, 6.45) is -0.241. The smallest absolute Gasteiger partial charge is 0.337 e. The maximum Gasteiger partial charge on any atom is 0.337 e. The summed E-state index contributed by atoms with van der Waals surface area (Å²) in [5.74, 6) is 1.76. The van der Waals surface area contributed by atoms with E-state index in [9.17, 15) is 9.59 Å². The molecule has 0 aliphatic carbocycles. The zero-order chi connectivity index (χ0) is 30.8. The lowest BCUT2D eigenvalue weighted by Gasteiger charge is -2.36. The van der Waals surface area contributed by atoms with Gasteiger partial charge in [-0.2, -0.15) is 0 Å². The maximum absolute atomic E-state index is 13.1. The summed E-state index contributed by atoms with van der Waals surface area (Å²) in [6, 6.07) is 18.2. The van der Waals surface area contributed by atoms with Gasteiger partial charge in [-0.05, 0) is 35.4 Å². The largest absolute Gasteiger partial charge is 0.497 e. The van der Waals surface area contributed by atoms with E-state index in [1.165, 1.54) is 28.4 Å². The van der Waals surface area contributed by atoms with Crippen LogP contribution >= 0.6 is 0 Å². The van der Waals surface area contributed by atoms with Crippen LogP contribution in [0, 0.1) is 0 Å². The van der Waals surface area contributed by atoms with E-state index in [-0.39, 0.29) is 18.1 Å². The second-order valence-corrected chi connectivity index (χ2v) is 9.90. The monoisotopic (exact) mass is 593 g/mol. The van der Waals surface area contributed by atoms with Crippen molar-refractivity contribution in [1.29, 1.82) is 0 Å². The molecule has 11 nitrogen and oxygen atoms in total. The molecule has 2 amide bonds. The van der Waals surface area contributed by atoms with Gasteiger partial charge >= 0.3 is 12.0 Å². The Morgan fingerprint density at radius 2 is 1.49 bits per heavy atom. The Hall–Kier alpha value is -4.48. The zero-order valence-electron chi connectivity index (χ0n) is 25.3. The topological polar surface area (TPSA) is 108 Å². The first kappa shape index (κ1) is 31.5. The number of rotatable bonds is 12. The molecule has 43 heavy (non-hydrogen) atoms. The second kappa shape index (κ2) is 15.1. The predicted octanol–water partition coefficient (Wildman–Crippen LogP) is 4.62. The molecule has 0 radical (unpaired) electrons. The molecule has 1 N–H and O–H groups in total. The van der Waals surface area contributed by atoms with E-state index in [1.54, 1.807) is 36.3 Å². The van der Waals surface area contributed by atoms with E-state index in [2.05, 4.69) is 10.2 Å². The highest BCUT2D eigenvalue weighted by atomic mass is 16.5. The van der Waals surface area contributed by atoms with Crippen LogP contribution in [0.3, 0.4) is 0 Å². The van der Waals surface area contributed by atoms with Crippen molar-refractivity contribution in [2.24, 2.45) is 0 Å². The predicted molar refractivity (Wildman–Crippen MR) is 161 cm³/mol. The van der Waals surface area contributed by atoms with Gasteiger partial charge in [-0.1, -0.05) is 24.3 Å². The van der Waals surface area contributed by atoms with Gasteiger partial charge in [0, 0.05) is 44.9 Å². The summed E-state index contributed by atoms with van der Waals surface area (Å²) in [4.78, 5) is 28.9. The molecule has 1 atom stereocenters. The molecule has 230 valence electrons. The lowest BCUT2D eigenvalue weighted by molar-refractivity contribution is 0.00582. The molecular weight excluding hydrogens is 554 g/mol. The van der Waals surface area contributed by atoms with Crippen LogP contribution in [0.25, 0.3) is 0 Å². The van der Waals surface area contributed by atoms with Crippen molar-refractivity contribution in [2.45, 2.75) is 12.7 Å². The van der Waals surface area contributed by atoms with Crippen LogP contribution < -0.4 is 24.3 Å². The highest BCUT2D eigenvalue weighted by molar-refractivity contribution is 5.90. The Morgan fingerprint density at radius 1 is 0.814 bits per heavy atom. The maximum atomic E-state index is 13.1. The number of carbonyl (C=O) groups excluding carboxylic acids is 2. The van der Waals surface area contributed by atoms with Crippen LogP contribution in [0.1, 0.15) is 27.6 Å². The number of nitrogens with one attached hydrogen (secondary N) is 1. The number of amides is 2. The van der Waals surface area contributed by atoms with Crippen LogP contribution in [-0.2, 0) is 16.1 Å². The second-order valence-electron chi connectivity index (χ2n) is 9.90. The van der Waals surface area contributed by atoms with E-state index in [1.807, 2.05) is 36.4 Å². The van der Waals surface area contributed by atoms with E-state index in [4.69, 9.17) is 28.4 Å². The van der Waals surface area contributed by atoms with E-state index in [0.717, 1.165) is 16.9 Å². The van der Waals surface area contributed by atoms with Gasteiger partial charge < -0.3 is 38.6 Å². The number of piperazine rings is 1. The van der Waals surface area contributed by atoms with E-state index in [0.29, 0.717) is 67.8 Å². The van der Waals surface area contributed by atoms with Gasteiger partial charge in [-0.3, -0.25) is 4.90 Å².